The highest BCUT2D eigenvalue weighted by atomic mass is 16.3. The summed E-state index contributed by atoms with van der Waals surface area (Å²) >= 11 is 0. The zero-order valence-electron chi connectivity index (χ0n) is 18.7. The maximum absolute atomic E-state index is 9.50. The van der Waals surface area contributed by atoms with Crippen LogP contribution in [0.5, 0.6) is 0 Å². The highest BCUT2D eigenvalue weighted by Crippen LogP contribution is 2.02. The minimum absolute atomic E-state index is 0.237. The van der Waals surface area contributed by atoms with Crippen molar-refractivity contribution in [3.8, 4) is 0 Å². The Bertz CT molecular complexity index is 276. The van der Waals surface area contributed by atoms with Crippen molar-refractivity contribution in [2.24, 2.45) is 0 Å². The summed E-state index contributed by atoms with van der Waals surface area (Å²) in [5, 5.41) is 9.50. The van der Waals surface area contributed by atoms with Gasteiger partial charge in [0.1, 0.15) is 0 Å². The first-order chi connectivity index (χ1) is 12.5. The lowest BCUT2D eigenvalue weighted by Crippen LogP contribution is -2.35. The number of nitrogens with zero attached hydrogens (tertiary/aromatic N) is 4. The van der Waals surface area contributed by atoms with Gasteiger partial charge in [0.05, 0.1) is 6.10 Å². The lowest BCUT2D eigenvalue weighted by Gasteiger charge is -2.27. The summed E-state index contributed by atoms with van der Waals surface area (Å²) in [5.41, 5.74) is 0. The summed E-state index contributed by atoms with van der Waals surface area (Å²) in [6, 6.07) is 0. The van der Waals surface area contributed by atoms with E-state index in [1.807, 2.05) is 6.92 Å². The van der Waals surface area contributed by atoms with Gasteiger partial charge in [-0.1, -0.05) is 27.7 Å². The molecule has 0 bridgehead atoms. The number of hydrogen-bond acceptors (Lipinski definition) is 5. The highest BCUT2D eigenvalue weighted by molar-refractivity contribution is 4.65. The van der Waals surface area contributed by atoms with Crippen LogP contribution in [0, 0.1) is 0 Å². The van der Waals surface area contributed by atoms with Crippen molar-refractivity contribution in [1.29, 1.82) is 0 Å². The average molecular weight is 373 g/mol. The molecule has 158 valence electrons. The predicted molar refractivity (Wildman–Crippen MR) is 115 cm³/mol. The second-order valence-electron chi connectivity index (χ2n) is 7.57. The molecule has 0 heterocycles. The molecule has 1 N–H and O–H groups in total. The number of hydrogen-bond donors (Lipinski definition) is 1. The summed E-state index contributed by atoms with van der Waals surface area (Å²) in [5.74, 6) is 0. The molecule has 1 unspecified atom stereocenters. The van der Waals surface area contributed by atoms with Crippen molar-refractivity contribution in [2.45, 2.75) is 60.0 Å². The largest absolute Gasteiger partial charge is 0.392 e. The van der Waals surface area contributed by atoms with Gasteiger partial charge >= 0.3 is 0 Å². The average Bonchev–Trinajstić information content (AvgIpc) is 2.61. The van der Waals surface area contributed by atoms with Crippen LogP contribution in [0.2, 0.25) is 0 Å². The van der Waals surface area contributed by atoms with E-state index < -0.39 is 0 Å². The standard InChI is InChI=1S/C21H48N4O/c1-7-23(8-2)15-12-18-25(19-13-16-24(9-3)10-4)17-11-14-22(6)20-21(5)26/h21,26H,7-20H2,1-6H3. The van der Waals surface area contributed by atoms with E-state index in [1.165, 1.54) is 52.0 Å². The van der Waals surface area contributed by atoms with Gasteiger partial charge in [0.25, 0.3) is 0 Å². The molecule has 0 aromatic heterocycles. The number of likely N-dealkylation sites (N-methyl/N-ethyl adjacent to an activating group) is 1. The van der Waals surface area contributed by atoms with Gasteiger partial charge in [-0.3, -0.25) is 0 Å². The number of rotatable bonds is 18. The Morgan fingerprint density at radius 1 is 0.615 bits per heavy atom. The van der Waals surface area contributed by atoms with Crippen LogP contribution in [-0.2, 0) is 0 Å². The second-order valence-corrected chi connectivity index (χ2v) is 7.57. The van der Waals surface area contributed by atoms with E-state index in [2.05, 4.69) is 54.3 Å². The Hall–Kier alpha value is -0.200. The topological polar surface area (TPSA) is 33.2 Å². The Balaban J connectivity index is 4.25. The third-order valence-electron chi connectivity index (χ3n) is 5.28. The zero-order chi connectivity index (χ0) is 19.8. The molecule has 1 atom stereocenters. The SMILES string of the molecule is CCN(CC)CCCN(CCCN(C)CC(C)O)CCCN(CC)CC. The quantitative estimate of drug-likeness (QED) is 0.400. The van der Waals surface area contributed by atoms with Crippen LogP contribution >= 0.6 is 0 Å². The van der Waals surface area contributed by atoms with E-state index in [1.54, 1.807) is 0 Å². The van der Waals surface area contributed by atoms with E-state index in [-0.39, 0.29) is 6.10 Å². The molecule has 5 nitrogen and oxygen atoms in total. The fourth-order valence-electron chi connectivity index (χ4n) is 3.56. The first-order valence-corrected chi connectivity index (χ1v) is 11.0. The summed E-state index contributed by atoms with van der Waals surface area (Å²) < 4.78 is 0. The van der Waals surface area contributed by atoms with Gasteiger partial charge < -0.3 is 24.7 Å². The molecule has 0 aliphatic heterocycles. The minimum Gasteiger partial charge on any atom is -0.392 e. The lowest BCUT2D eigenvalue weighted by molar-refractivity contribution is 0.136. The van der Waals surface area contributed by atoms with E-state index in [0.717, 1.165) is 39.3 Å². The number of aliphatic hydroxyl groups is 1. The highest BCUT2D eigenvalue weighted by Gasteiger charge is 2.09. The van der Waals surface area contributed by atoms with Crippen LogP contribution < -0.4 is 0 Å². The van der Waals surface area contributed by atoms with Crippen LogP contribution in [-0.4, -0.2) is 110 Å². The molecule has 0 saturated heterocycles. The van der Waals surface area contributed by atoms with Crippen molar-refractivity contribution >= 4 is 0 Å². The van der Waals surface area contributed by atoms with Crippen LogP contribution in [0.4, 0.5) is 0 Å². The molecule has 0 aliphatic carbocycles. The maximum Gasteiger partial charge on any atom is 0.0638 e. The summed E-state index contributed by atoms with van der Waals surface area (Å²) in [6.07, 6.45) is 3.46. The van der Waals surface area contributed by atoms with Gasteiger partial charge in [-0.05, 0) is 98.7 Å². The molecular formula is C21H48N4O. The Morgan fingerprint density at radius 2 is 0.962 bits per heavy atom. The van der Waals surface area contributed by atoms with Crippen molar-refractivity contribution in [3.63, 3.8) is 0 Å². The molecule has 26 heavy (non-hydrogen) atoms. The normalized spacial score (nSPS) is 13.5. The third kappa shape index (κ3) is 13.9. The van der Waals surface area contributed by atoms with E-state index in [0.29, 0.717) is 0 Å². The Kier molecular flexibility index (Phi) is 16.8. The molecule has 0 rings (SSSR count). The van der Waals surface area contributed by atoms with Crippen LogP contribution in [0.15, 0.2) is 0 Å². The zero-order valence-corrected chi connectivity index (χ0v) is 18.7. The fourth-order valence-corrected chi connectivity index (χ4v) is 3.56. The van der Waals surface area contributed by atoms with Crippen molar-refractivity contribution in [3.05, 3.63) is 0 Å². The Labute approximate surface area is 164 Å². The molecule has 0 aromatic rings. The molecule has 0 aromatic carbocycles. The monoisotopic (exact) mass is 372 g/mol. The molecule has 0 spiro atoms. The third-order valence-corrected chi connectivity index (χ3v) is 5.28. The van der Waals surface area contributed by atoms with Gasteiger partial charge in [0.15, 0.2) is 0 Å². The minimum atomic E-state index is -0.237. The summed E-state index contributed by atoms with van der Waals surface area (Å²) in [4.78, 5) is 9.94. The van der Waals surface area contributed by atoms with Gasteiger partial charge in [0, 0.05) is 6.54 Å². The van der Waals surface area contributed by atoms with Crippen LogP contribution in [0.25, 0.3) is 0 Å². The fraction of sp³-hybridized carbons (Fsp3) is 1.00. The smallest absolute Gasteiger partial charge is 0.0638 e. The molecule has 0 fully saturated rings. The molecule has 0 saturated carbocycles. The molecule has 5 heteroatoms. The van der Waals surface area contributed by atoms with Gasteiger partial charge in [0.2, 0.25) is 0 Å². The first-order valence-electron chi connectivity index (χ1n) is 11.0. The van der Waals surface area contributed by atoms with Crippen LogP contribution in [0.1, 0.15) is 53.9 Å². The summed E-state index contributed by atoms with van der Waals surface area (Å²) in [7, 11) is 2.11. The second kappa shape index (κ2) is 16.9. The molecule has 0 radical (unpaired) electrons. The predicted octanol–water partition coefficient (Wildman–Crippen LogP) is 2.45. The van der Waals surface area contributed by atoms with E-state index >= 15 is 0 Å². The van der Waals surface area contributed by atoms with E-state index in [9.17, 15) is 5.11 Å². The number of aliphatic hydroxyl groups excluding tert-OH is 1. The molecule has 0 aliphatic rings. The van der Waals surface area contributed by atoms with Crippen molar-refractivity contribution in [1.82, 2.24) is 19.6 Å². The lowest BCUT2D eigenvalue weighted by atomic mass is 10.2. The van der Waals surface area contributed by atoms with E-state index in [4.69, 9.17) is 0 Å². The van der Waals surface area contributed by atoms with Crippen molar-refractivity contribution < 1.29 is 5.11 Å². The van der Waals surface area contributed by atoms with Crippen molar-refractivity contribution in [2.75, 3.05) is 79.0 Å². The molecular weight excluding hydrogens is 324 g/mol. The molecule has 0 amide bonds. The van der Waals surface area contributed by atoms with Gasteiger partial charge in [-0.25, -0.2) is 0 Å². The first kappa shape index (κ1) is 25.8. The van der Waals surface area contributed by atoms with Crippen LogP contribution in [0.3, 0.4) is 0 Å². The summed E-state index contributed by atoms with van der Waals surface area (Å²) in [6.45, 7) is 23.3. The van der Waals surface area contributed by atoms with Gasteiger partial charge in [-0.15, -0.1) is 0 Å². The Morgan fingerprint density at radius 3 is 1.31 bits per heavy atom. The van der Waals surface area contributed by atoms with Gasteiger partial charge in [-0.2, -0.15) is 0 Å². The maximum atomic E-state index is 9.50.